The number of amidine groups is 2. The minimum atomic E-state index is -0.535. The standard InChI is InChI=1S/C17H15N5O5S/c1-21-13-12(14(24)22(2)17(21)26)19-16(20-13)28-8-11(23)18-10-6-4-9(5-7-10)15(25)27-3/h4-7H,8H2,1-3H3/p+1. The van der Waals surface area contributed by atoms with E-state index in [9.17, 15) is 19.2 Å². The summed E-state index contributed by atoms with van der Waals surface area (Å²) in [5, 5.41) is 2.91. The lowest BCUT2D eigenvalue weighted by atomic mass is 10.2. The maximum Gasteiger partial charge on any atom is 0.446 e. The van der Waals surface area contributed by atoms with E-state index in [0.717, 1.165) is 16.7 Å². The summed E-state index contributed by atoms with van der Waals surface area (Å²) in [4.78, 5) is 56.8. The first-order valence-electron chi connectivity index (χ1n) is 8.03. The highest BCUT2D eigenvalue weighted by Gasteiger charge is 2.44. The molecule has 2 heterocycles. The molecular formula is C17H16N5O5S+. The number of ether oxygens (including phenoxy) is 1. The van der Waals surface area contributed by atoms with Crippen LogP contribution < -0.4 is 5.32 Å². The summed E-state index contributed by atoms with van der Waals surface area (Å²) in [6, 6.07) is 5.75. The Bertz CT molecular complexity index is 980. The number of fused-ring (bicyclic) bond motifs is 1. The molecule has 1 aromatic carbocycles. The molecule has 0 atom stereocenters. The minimum Gasteiger partial charge on any atom is -0.465 e. The topological polar surface area (TPSA) is 121 Å². The molecule has 0 saturated carbocycles. The van der Waals surface area contributed by atoms with Crippen LogP contribution in [0.3, 0.4) is 0 Å². The highest BCUT2D eigenvalue weighted by molar-refractivity contribution is 8.14. The van der Waals surface area contributed by atoms with Gasteiger partial charge in [0.1, 0.15) is 0 Å². The first-order valence-corrected chi connectivity index (χ1v) is 9.02. The van der Waals surface area contributed by atoms with Gasteiger partial charge in [0.2, 0.25) is 11.6 Å². The van der Waals surface area contributed by atoms with E-state index < -0.39 is 17.9 Å². The van der Waals surface area contributed by atoms with E-state index in [0.29, 0.717) is 11.3 Å². The molecule has 1 aromatic rings. The van der Waals surface area contributed by atoms with E-state index in [1.54, 1.807) is 12.1 Å². The van der Waals surface area contributed by atoms with Crippen molar-refractivity contribution >= 4 is 58.0 Å². The Morgan fingerprint density at radius 3 is 2.54 bits per heavy atom. The maximum atomic E-state index is 12.1. The smallest absolute Gasteiger partial charge is 0.446 e. The minimum absolute atomic E-state index is 0.00331. The molecule has 0 aromatic heterocycles. The summed E-state index contributed by atoms with van der Waals surface area (Å²) in [5.74, 6) is -1.13. The number of hydrogen-bond acceptors (Lipinski definition) is 8. The van der Waals surface area contributed by atoms with Crippen molar-refractivity contribution in [2.24, 2.45) is 9.98 Å². The monoisotopic (exact) mass is 402 g/mol. The Morgan fingerprint density at radius 2 is 1.89 bits per heavy atom. The SMILES string of the molecule is COC(=O)c1ccc(NC(=O)CSC2=NC3=[N+](C)C(=O)N(C)C(=O)C3=N2)cc1. The van der Waals surface area contributed by atoms with Crippen LogP contribution in [-0.4, -0.2) is 77.0 Å². The number of methoxy groups -OCH3 is 1. The Kier molecular flexibility index (Phi) is 5.36. The molecule has 144 valence electrons. The van der Waals surface area contributed by atoms with E-state index in [-0.39, 0.29) is 28.4 Å². The fraction of sp³-hybridized carbons (Fsp3) is 0.235. The highest BCUT2D eigenvalue weighted by atomic mass is 32.2. The Labute approximate surface area is 164 Å². The highest BCUT2D eigenvalue weighted by Crippen LogP contribution is 2.17. The summed E-state index contributed by atoms with van der Waals surface area (Å²) in [6.07, 6.45) is 0. The van der Waals surface area contributed by atoms with Crippen molar-refractivity contribution < 1.29 is 28.5 Å². The average molecular weight is 402 g/mol. The van der Waals surface area contributed by atoms with Gasteiger partial charge in [0.05, 0.1) is 32.5 Å². The molecular weight excluding hydrogens is 386 g/mol. The van der Waals surface area contributed by atoms with Gasteiger partial charge in [-0.1, -0.05) is 16.8 Å². The summed E-state index contributed by atoms with van der Waals surface area (Å²) < 4.78 is 5.85. The van der Waals surface area contributed by atoms with Gasteiger partial charge in [-0.05, 0) is 24.3 Å². The molecule has 0 spiro atoms. The normalized spacial score (nSPS) is 15.9. The first-order chi connectivity index (χ1) is 13.3. The summed E-state index contributed by atoms with van der Waals surface area (Å²) in [5.41, 5.74) is 0.966. The Morgan fingerprint density at radius 1 is 1.21 bits per heavy atom. The van der Waals surface area contributed by atoms with Gasteiger partial charge in [-0.3, -0.25) is 4.79 Å². The molecule has 0 bridgehead atoms. The van der Waals surface area contributed by atoms with Crippen LogP contribution in [0.25, 0.3) is 0 Å². The van der Waals surface area contributed by atoms with Crippen LogP contribution in [0.5, 0.6) is 0 Å². The number of anilines is 1. The third-order valence-corrected chi connectivity index (χ3v) is 4.79. The first kappa shape index (κ1) is 19.4. The van der Waals surface area contributed by atoms with Crippen LogP contribution >= 0.6 is 11.8 Å². The summed E-state index contributed by atoms with van der Waals surface area (Å²) in [6.45, 7) is 0. The zero-order valence-corrected chi connectivity index (χ0v) is 16.1. The predicted molar refractivity (Wildman–Crippen MR) is 103 cm³/mol. The van der Waals surface area contributed by atoms with E-state index in [1.165, 1.54) is 37.9 Å². The van der Waals surface area contributed by atoms with Gasteiger partial charge in [0.25, 0.3) is 5.17 Å². The number of rotatable bonds is 4. The lowest BCUT2D eigenvalue weighted by Gasteiger charge is -2.15. The molecule has 0 aliphatic carbocycles. The Balaban J connectivity index is 1.61. The average Bonchev–Trinajstić information content (AvgIpc) is 3.13. The van der Waals surface area contributed by atoms with Gasteiger partial charge >= 0.3 is 23.7 Å². The lowest BCUT2D eigenvalue weighted by molar-refractivity contribution is -0.401. The molecule has 0 saturated heterocycles. The molecule has 4 amide bonds. The van der Waals surface area contributed by atoms with Crippen LogP contribution in [0.15, 0.2) is 34.3 Å². The quantitative estimate of drug-likeness (QED) is 0.581. The van der Waals surface area contributed by atoms with Gasteiger partial charge in [0.15, 0.2) is 0 Å². The zero-order valence-electron chi connectivity index (χ0n) is 15.3. The molecule has 2 aliphatic rings. The summed E-state index contributed by atoms with van der Waals surface area (Å²) >= 11 is 1.04. The number of hydrogen-bond donors (Lipinski definition) is 1. The number of thioether (sulfide) groups is 1. The lowest BCUT2D eigenvalue weighted by Crippen LogP contribution is -2.51. The third kappa shape index (κ3) is 3.69. The predicted octanol–water partition coefficient (Wildman–Crippen LogP) is 0.588. The molecule has 0 radical (unpaired) electrons. The van der Waals surface area contributed by atoms with Crippen LogP contribution in [0.2, 0.25) is 0 Å². The van der Waals surface area contributed by atoms with E-state index in [2.05, 4.69) is 20.0 Å². The number of benzene rings is 1. The van der Waals surface area contributed by atoms with E-state index in [4.69, 9.17) is 0 Å². The second-order valence-corrected chi connectivity index (χ2v) is 6.73. The number of urea groups is 1. The number of nitrogens with one attached hydrogen (secondary N) is 1. The number of carbonyl (C=O) groups is 4. The zero-order chi connectivity index (χ0) is 20.4. The second-order valence-electron chi connectivity index (χ2n) is 5.79. The molecule has 0 fully saturated rings. The van der Waals surface area contributed by atoms with Crippen molar-refractivity contribution in [2.45, 2.75) is 0 Å². The number of amides is 4. The molecule has 10 nitrogen and oxygen atoms in total. The molecule has 1 N–H and O–H groups in total. The number of esters is 1. The van der Waals surface area contributed by atoms with Crippen molar-refractivity contribution in [3.8, 4) is 0 Å². The maximum absolute atomic E-state index is 12.1. The number of nitrogens with zero attached hydrogens (tertiary/aromatic N) is 4. The van der Waals surface area contributed by atoms with Gasteiger partial charge in [-0.15, -0.1) is 0 Å². The van der Waals surface area contributed by atoms with E-state index >= 15 is 0 Å². The van der Waals surface area contributed by atoms with Crippen LogP contribution in [0, 0.1) is 0 Å². The molecule has 2 aliphatic heterocycles. The third-order valence-electron chi connectivity index (χ3n) is 3.94. The fourth-order valence-electron chi connectivity index (χ4n) is 2.45. The number of carbonyl (C=O) groups excluding carboxylic acids is 4. The number of aliphatic imine (C=N–C) groups is 2. The second kappa shape index (κ2) is 7.72. The molecule has 11 heteroatoms. The van der Waals surface area contributed by atoms with E-state index in [1.807, 2.05) is 0 Å². The molecule has 0 unspecified atom stereocenters. The van der Waals surface area contributed by atoms with Crippen molar-refractivity contribution in [3.63, 3.8) is 0 Å². The van der Waals surface area contributed by atoms with Crippen LogP contribution in [0.4, 0.5) is 10.5 Å². The molecule has 28 heavy (non-hydrogen) atoms. The van der Waals surface area contributed by atoms with Crippen LogP contribution in [-0.2, 0) is 14.3 Å². The van der Waals surface area contributed by atoms with Gasteiger partial charge in [0, 0.05) is 5.69 Å². The fourth-order valence-corrected chi connectivity index (χ4v) is 3.09. The van der Waals surface area contributed by atoms with Crippen LogP contribution in [0.1, 0.15) is 10.4 Å². The van der Waals surface area contributed by atoms with Crippen molar-refractivity contribution in [1.29, 1.82) is 0 Å². The van der Waals surface area contributed by atoms with Gasteiger partial charge in [-0.25, -0.2) is 14.4 Å². The number of imide groups is 1. The van der Waals surface area contributed by atoms with Crippen molar-refractivity contribution in [3.05, 3.63) is 29.8 Å². The Hall–Kier alpha value is -3.34. The van der Waals surface area contributed by atoms with Gasteiger partial charge in [-0.2, -0.15) is 14.5 Å². The van der Waals surface area contributed by atoms with Crippen molar-refractivity contribution in [1.82, 2.24) is 4.90 Å². The summed E-state index contributed by atoms with van der Waals surface area (Å²) in [7, 11) is 4.15. The molecule has 3 rings (SSSR count). The van der Waals surface area contributed by atoms with Gasteiger partial charge < -0.3 is 10.1 Å². The largest absolute Gasteiger partial charge is 0.465 e. The van der Waals surface area contributed by atoms with Crippen molar-refractivity contribution in [2.75, 3.05) is 32.3 Å².